The van der Waals surface area contributed by atoms with Crippen LogP contribution in [0.4, 0.5) is 11.5 Å². The minimum absolute atomic E-state index is 0.144. The first-order valence-corrected chi connectivity index (χ1v) is 5.82. The van der Waals surface area contributed by atoms with Gasteiger partial charge in [-0.25, -0.2) is 9.97 Å². The number of hydrogen-bond donors (Lipinski definition) is 0. The van der Waals surface area contributed by atoms with Crippen molar-refractivity contribution in [2.75, 3.05) is 24.6 Å². The lowest BCUT2D eigenvalue weighted by molar-refractivity contribution is -0.384. The summed E-state index contributed by atoms with van der Waals surface area (Å²) in [4.78, 5) is 19.9. The maximum atomic E-state index is 11.0. The lowest BCUT2D eigenvalue weighted by atomic mass is 10.1. The van der Waals surface area contributed by atoms with Crippen LogP contribution in [0, 0.1) is 10.1 Å². The Morgan fingerprint density at radius 3 is 2.89 bits per heavy atom. The van der Waals surface area contributed by atoms with E-state index in [1.807, 2.05) is 13.8 Å². The number of anilines is 1. The van der Waals surface area contributed by atoms with Crippen molar-refractivity contribution in [1.29, 1.82) is 0 Å². The van der Waals surface area contributed by atoms with E-state index in [4.69, 9.17) is 16.3 Å². The molecule has 1 saturated heterocycles. The van der Waals surface area contributed by atoms with Gasteiger partial charge in [0.15, 0.2) is 0 Å². The van der Waals surface area contributed by atoms with Crippen molar-refractivity contribution in [1.82, 2.24) is 9.97 Å². The van der Waals surface area contributed by atoms with Gasteiger partial charge in [0.05, 0.1) is 17.1 Å². The van der Waals surface area contributed by atoms with E-state index in [1.54, 1.807) is 4.90 Å². The van der Waals surface area contributed by atoms with E-state index >= 15 is 0 Å². The molecule has 18 heavy (non-hydrogen) atoms. The Balaban J connectivity index is 2.39. The van der Waals surface area contributed by atoms with E-state index in [1.165, 1.54) is 6.33 Å². The highest BCUT2D eigenvalue weighted by molar-refractivity contribution is 6.31. The Morgan fingerprint density at radius 1 is 1.56 bits per heavy atom. The molecule has 0 atom stereocenters. The van der Waals surface area contributed by atoms with Gasteiger partial charge < -0.3 is 9.64 Å². The predicted octanol–water partition coefficient (Wildman–Crippen LogP) is 1.65. The molecule has 1 aromatic rings. The second-order valence-electron chi connectivity index (χ2n) is 4.62. The van der Waals surface area contributed by atoms with Crippen molar-refractivity contribution in [3.05, 3.63) is 21.6 Å². The summed E-state index contributed by atoms with van der Waals surface area (Å²) in [6, 6.07) is 0. The van der Waals surface area contributed by atoms with Gasteiger partial charge in [-0.3, -0.25) is 10.1 Å². The van der Waals surface area contributed by atoms with Gasteiger partial charge in [0, 0.05) is 13.1 Å². The summed E-state index contributed by atoms with van der Waals surface area (Å²) in [6.45, 7) is 5.39. The first-order valence-electron chi connectivity index (χ1n) is 5.44. The van der Waals surface area contributed by atoms with E-state index < -0.39 is 4.92 Å². The van der Waals surface area contributed by atoms with Crippen LogP contribution < -0.4 is 4.90 Å². The van der Waals surface area contributed by atoms with E-state index in [2.05, 4.69) is 9.97 Å². The molecule has 2 rings (SSSR count). The average Bonchev–Trinajstić information content (AvgIpc) is 2.26. The van der Waals surface area contributed by atoms with Crippen LogP contribution in [0.5, 0.6) is 0 Å². The molecular weight excluding hydrogens is 260 g/mol. The molecule has 2 heterocycles. The Morgan fingerprint density at radius 2 is 2.28 bits per heavy atom. The van der Waals surface area contributed by atoms with E-state index in [0.29, 0.717) is 19.7 Å². The van der Waals surface area contributed by atoms with Crippen LogP contribution in [0.15, 0.2) is 6.33 Å². The standard InChI is InChI=1S/C10H13ClN4O3/c1-10(2)5-14(3-4-18-10)9-7(15(16)17)8(11)12-6-13-9/h6H,3-5H2,1-2H3. The maximum absolute atomic E-state index is 11.0. The summed E-state index contributed by atoms with van der Waals surface area (Å²) in [7, 11) is 0. The number of morpholine rings is 1. The Bertz CT molecular complexity index is 480. The molecular formula is C10H13ClN4O3. The molecule has 0 amide bonds. The number of nitrogens with zero attached hydrogens (tertiary/aromatic N) is 4. The molecule has 0 aliphatic carbocycles. The van der Waals surface area contributed by atoms with E-state index in [0.717, 1.165) is 0 Å². The Labute approximate surface area is 109 Å². The molecule has 0 N–H and O–H groups in total. The molecule has 0 radical (unpaired) electrons. The SMILES string of the molecule is CC1(C)CN(c2ncnc(Cl)c2[N+](=O)[O-])CCO1. The topological polar surface area (TPSA) is 81.4 Å². The van der Waals surface area contributed by atoms with E-state index in [-0.39, 0.29) is 22.3 Å². The predicted molar refractivity (Wildman–Crippen MR) is 65.9 cm³/mol. The van der Waals surface area contributed by atoms with Gasteiger partial charge in [-0.05, 0) is 13.8 Å². The molecule has 0 aromatic carbocycles. The minimum Gasteiger partial charge on any atom is -0.372 e. The summed E-state index contributed by atoms with van der Waals surface area (Å²) in [5, 5.41) is 10.9. The van der Waals surface area contributed by atoms with E-state index in [9.17, 15) is 10.1 Å². The number of aromatic nitrogens is 2. The number of hydrogen-bond acceptors (Lipinski definition) is 6. The maximum Gasteiger partial charge on any atom is 0.348 e. The zero-order valence-electron chi connectivity index (χ0n) is 10.1. The third-order valence-corrected chi connectivity index (χ3v) is 2.94. The van der Waals surface area contributed by atoms with Crippen LogP contribution in [0.25, 0.3) is 0 Å². The molecule has 0 bridgehead atoms. The van der Waals surface area contributed by atoms with Crippen molar-refractivity contribution in [3.8, 4) is 0 Å². The molecule has 8 heteroatoms. The number of nitro groups is 1. The quantitative estimate of drug-likeness (QED) is 0.463. The van der Waals surface area contributed by atoms with Crippen LogP contribution in [0.1, 0.15) is 13.8 Å². The zero-order chi connectivity index (χ0) is 13.3. The minimum atomic E-state index is -0.555. The lowest BCUT2D eigenvalue weighted by Crippen LogP contribution is -2.48. The third-order valence-electron chi connectivity index (χ3n) is 2.67. The first kappa shape index (κ1) is 13.0. The summed E-state index contributed by atoms with van der Waals surface area (Å²) in [6.07, 6.45) is 1.23. The summed E-state index contributed by atoms with van der Waals surface area (Å²) < 4.78 is 5.56. The normalized spacial score (nSPS) is 18.7. The highest BCUT2D eigenvalue weighted by Gasteiger charge is 2.33. The monoisotopic (exact) mass is 272 g/mol. The van der Waals surface area contributed by atoms with Gasteiger partial charge >= 0.3 is 5.69 Å². The van der Waals surface area contributed by atoms with Crippen molar-refractivity contribution in [2.45, 2.75) is 19.4 Å². The summed E-state index contributed by atoms with van der Waals surface area (Å²) in [5.74, 6) is 0.247. The first-order chi connectivity index (χ1) is 8.41. The van der Waals surface area contributed by atoms with Gasteiger partial charge in [0.2, 0.25) is 11.0 Å². The van der Waals surface area contributed by atoms with Crippen LogP contribution >= 0.6 is 11.6 Å². The fraction of sp³-hybridized carbons (Fsp3) is 0.600. The van der Waals surface area contributed by atoms with Crippen LogP contribution in [-0.2, 0) is 4.74 Å². The molecule has 98 valence electrons. The van der Waals surface area contributed by atoms with Crippen molar-refractivity contribution in [2.24, 2.45) is 0 Å². The van der Waals surface area contributed by atoms with Gasteiger partial charge in [-0.15, -0.1) is 0 Å². The fourth-order valence-corrected chi connectivity index (χ4v) is 2.13. The number of halogens is 1. The second-order valence-corrected chi connectivity index (χ2v) is 4.98. The number of ether oxygens (including phenoxy) is 1. The summed E-state index contributed by atoms with van der Waals surface area (Å²) >= 11 is 5.76. The molecule has 0 spiro atoms. The van der Waals surface area contributed by atoms with Crippen molar-refractivity contribution in [3.63, 3.8) is 0 Å². The Hall–Kier alpha value is -1.47. The smallest absolute Gasteiger partial charge is 0.348 e. The Kier molecular flexibility index (Phi) is 3.36. The second kappa shape index (κ2) is 4.66. The fourth-order valence-electron chi connectivity index (χ4n) is 1.93. The number of rotatable bonds is 2. The lowest BCUT2D eigenvalue weighted by Gasteiger charge is -2.38. The zero-order valence-corrected chi connectivity index (χ0v) is 10.8. The van der Waals surface area contributed by atoms with Gasteiger partial charge in [-0.1, -0.05) is 11.6 Å². The highest BCUT2D eigenvalue weighted by atomic mass is 35.5. The molecule has 1 aliphatic heterocycles. The largest absolute Gasteiger partial charge is 0.372 e. The third kappa shape index (κ3) is 2.51. The van der Waals surface area contributed by atoms with Crippen molar-refractivity contribution >= 4 is 23.1 Å². The molecule has 7 nitrogen and oxygen atoms in total. The van der Waals surface area contributed by atoms with Gasteiger partial charge in [-0.2, -0.15) is 0 Å². The molecule has 1 aliphatic rings. The molecule has 1 fully saturated rings. The van der Waals surface area contributed by atoms with Gasteiger partial charge in [0.25, 0.3) is 0 Å². The van der Waals surface area contributed by atoms with Crippen LogP contribution in [0.3, 0.4) is 0 Å². The van der Waals surface area contributed by atoms with Crippen molar-refractivity contribution < 1.29 is 9.66 Å². The molecule has 0 saturated carbocycles. The van der Waals surface area contributed by atoms with Crippen LogP contribution in [0.2, 0.25) is 5.15 Å². The van der Waals surface area contributed by atoms with Crippen LogP contribution in [-0.4, -0.2) is 40.2 Å². The molecule has 0 unspecified atom stereocenters. The average molecular weight is 273 g/mol. The summed E-state index contributed by atoms with van der Waals surface area (Å²) in [5.41, 5.74) is -0.624. The van der Waals surface area contributed by atoms with Gasteiger partial charge in [0.1, 0.15) is 6.33 Å². The highest BCUT2D eigenvalue weighted by Crippen LogP contribution is 2.33. The molecule has 1 aromatic heterocycles.